The van der Waals surface area contributed by atoms with Gasteiger partial charge < -0.3 is 14.7 Å². The molecular weight excluding hydrogens is 288 g/mol. The lowest BCUT2D eigenvalue weighted by molar-refractivity contribution is -0.384. The number of carboxylic acid groups (broad SMARTS) is 1. The maximum atomic E-state index is 10.8. The number of rotatable bonds is 3. The summed E-state index contributed by atoms with van der Waals surface area (Å²) in [5, 5.41) is 19.5. The van der Waals surface area contributed by atoms with Crippen molar-refractivity contribution in [2.24, 2.45) is 0 Å². The number of ether oxygens (including phenoxy) is 1. The summed E-state index contributed by atoms with van der Waals surface area (Å²) < 4.78 is 5.67. The molecule has 108 valence electrons. The van der Waals surface area contributed by atoms with E-state index >= 15 is 0 Å². The number of likely N-dealkylation sites (tertiary alicyclic amines) is 1. The third-order valence-electron chi connectivity index (χ3n) is 3.13. The minimum Gasteiger partial charge on any atom is -0.490 e. The SMILES string of the molecule is O=C(O)N1CCC(Oc2ccc([N+](=O)[O-])c(Cl)c2)CC1. The first kappa shape index (κ1) is 14.4. The van der Waals surface area contributed by atoms with Gasteiger partial charge in [-0.1, -0.05) is 11.6 Å². The van der Waals surface area contributed by atoms with Crippen LogP contribution in [0.1, 0.15) is 12.8 Å². The summed E-state index contributed by atoms with van der Waals surface area (Å²) in [7, 11) is 0. The lowest BCUT2D eigenvalue weighted by atomic mass is 10.1. The minimum absolute atomic E-state index is 0.0236. The van der Waals surface area contributed by atoms with Crippen molar-refractivity contribution in [2.45, 2.75) is 18.9 Å². The van der Waals surface area contributed by atoms with Crippen LogP contribution in [0.2, 0.25) is 5.02 Å². The van der Waals surface area contributed by atoms with Crippen LogP contribution in [-0.2, 0) is 0 Å². The molecule has 0 radical (unpaired) electrons. The minimum atomic E-state index is -0.929. The second-order valence-corrected chi connectivity index (χ2v) is 4.86. The third kappa shape index (κ3) is 3.30. The van der Waals surface area contributed by atoms with Gasteiger partial charge in [-0.05, 0) is 6.07 Å². The first-order chi connectivity index (χ1) is 9.47. The first-order valence-electron chi connectivity index (χ1n) is 6.06. The molecule has 1 aliphatic heterocycles. The summed E-state index contributed by atoms with van der Waals surface area (Å²) in [4.78, 5) is 22.2. The topological polar surface area (TPSA) is 92.9 Å². The number of piperidine rings is 1. The summed E-state index contributed by atoms with van der Waals surface area (Å²) in [5.41, 5.74) is -0.167. The highest BCUT2D eigenvalue weighted by atomic mass is 35.5. The Bertz CT molecular complexity index is 529. The van der Waals surface area contributed by atoms with Crippen LogP contribution in [0.4, 0.5) is 10.5 Å². The fourth-order valence-corrected chi connectivity index (χ4v) is 2.31. The van der Waals surface area contributed by atoms with E-state index in [-0.39, 0.29) is 16.8 Å². The number of nitrogens with zero attached hydrogens (tertiary/aromatic N) is 2. The Morgan fingerprint density at radius 2 is 2.10 bits per heavy atom. The molecule has 0 saturated carbocycles. The van der Waals surface area contributed by atoms with Crippen LogP contribution in [-0.4, -0.2) is 40.2 Å². The van der Waals surface area contributed by atoms with Crippen molar-refractivity contribution < 1.29 is 19.6 Å². The summed E-state index contributed by atoms with van der Waals surface area (Å²) in [5.74, 6) is 0.453. The van der Waals surface area contributed by atoms with Gasteiger partial charge in [0.25, 0.3) is 5.69 Å². The Labute approximate surface area is 119 Å². The summed E-state index contributed by atoms with van der Waals surface area (Å²) >= 11 is 5.80. The molecule has 1 saturated heterocycles. The number of nitro groups is 1. The standard InChI is InChI=1S/C12H13ClN2O5/c13-10-7-9(1-2-11(10)15(18)19)20-8-3-5-14(6-4-8)12(16)17/h1-2,7-8H,3-6H2,(H,16,17). The van der Waals surface area contributed by atoms with E-state index in [0.717, 1.165) is 0 Å². The van der Waals surface area contributed by atoms with Gasteiger partial charge in [-0.2, -0.15) is 0 Å². The van der Waals surface area contributed by atoms with Crippen molar-refractivity contribution in [2.75, 3.05) is 13.1 Å². The normalized spacial score (nSPS) is 15.9. The van der Waals surface area contributed by atoms with E-state index in [2.05, 4.69) is 0 Å². The highest BCUT2D eigenvalue weighted by molar-refractivity contribution is 6.32. The van der Waals surface area contributed by atoms with Crippen LogP contribution >= 0.6 is 11.6 Å². The summed E-state index contributed by atoms with van der Waals surface area (Å²) in [6, 6.07) is 4.20. The molecule has 1 aliphatic rings. The van der Waals surface area contributed by atoms with Gasteiger partial charge in [0.05, 0.1) is 4.92 Å². The lowest BCUT2D eigenvalue weighted by Crippen LogP contribution is -2.41. The van der Waals surface area contributed by atoms with Gasteiger partial charge in [-0.3, -0.25) is 10.1 Å². The van der Waals surface area contributed by atoms with Gasteiger partial charge in [0.1, 0.15) is 16.9 Å². The van der Waals surface area contributed by atoms with Crippen LogP contribution in [0.3, 0.4) is 0 Å². The first-order valence-corrected chi connectivity index (χ1v) is 6.43. The quantitative estimate of drug-likeness (QED) is 0.684. The predicted octanol–water partition coefficient (Wildman–Crippen LogP) is 2.77. The molecule has 0 unspecified atom stereocenters. The highest BCUT2D eigenvalue weighted by Gasteiger charge is 2.24. The number of amides is 1. The van der Waals surface area contributed by atoms with Gasteiger partial charge in [0.2, 0.25) is 0 Å². The maximum Gasteiger partial charge on any atom is 0.407 e. The highest BCUT2D eigenvalue weighted by Crippen LogP contribution is 2.29. The number of halogens is 1. The molecule has 1 aromatic carbocycles. The molecule has 0 atom stereocenters. The molecule has 1 N–H and O–H groups in total. The zero-order valence-corrected chi connectivity index (χ0v) is 11.2. The third-order valence-corrected chi connectivity index (χ3v) is 3.43. The Hall–Kier alpha value is -2.02. The van der Waals surface area contributed by atoms with E-state index in [9.17, 15) is 14.9 Å². The zero-order chi connectivity index (χ0) is 14.7. The fourth-order valence-electron chi connectivity index (χ4n) is 2.07. The Balaban J connectivity index is 1.96. The van der Waals surface area contributed by atoms with Gasteiger partial charge in [-0.25, -0.2) is 4.79 Å². The van der Waals surface area contributed by atoms with E-state index < -0.39 is 11.0 Å². The van der Waals surface area contributed by atoms with E-state index in [1.165, 1.54) is 23.1 Å². The molecule has 0 aromatic heterocycles. The number of benzene rings is 1. The van der Waals surface area contributed by atoms with Crippen LogP contribution in [0.15, 0.2) is 18.2 Å². The molecule has 7 nitrogen and oxygen atoms in total. The molecule has 0 bridgehead atoms. The van der Waals surface area contributed by atoms with E-state index in [1.807, 2.05) is 0 Å². The van der Waals surface area contributed by atoms with E-state index in [4.69, 9.17) is 21.4 Å². The van der Waals surface area contributed by atoms with Gasteiger partial charge in [0, 0.05) is 38.1 Å². The second-order valence-electron chi connectivity index (χ2n) is 4.46. The largest absolute Gasteiger partial charge is 0.490 e. The van der Waals surface area contributed by atoms with Crippen molar-refractivity contribution in [3.8, 4) is 5.75 Å². The molecule has 8 heteroatoms. The van der Waals surface area contributed by atoms with Crippen LogP contribution < -0.4 is 4.74 Å². The molecule has 1 heterocycles. The smallest absolute Gasteiger partial charge is 0.407 e. The summed E-state index contributed by atoms with van der Waals surface area (Å²) in [6.45, 7) is 0.835. The number of hydrogen-bond acceptors (Lipinski definition) is 4. The van der Waals surface area contributed by atoms with Crippen molar-refractivity contribution in [3.63, 3.8) is 0 Å². The van der Waals surface area contributed by atoms with Crippen molar-refractivity contribution in [3.05, 3.63) is 33.3 Å². The fraction of sp³-hybridized carbons (Fsp3) is 0.417. The lowest BCUT2D eigenvalue weighted by Gasteiger charge is -2.30. The molecule has 1 aromatic rings. The van der Waals surface area contributed by atoms with Crippen LogP contribution in [0, 0.1) is 10.1 Å². The number of carbonyl (C=O) groups is 1. The van der Waals surface area contributed by atoms with Crippen molar-refractivity contribution >= 4 is 23.4 Å². The molecule has 20 heavy (non-hydrogen) atoms. The van der Waals surface area contributed by atoms with Gasteiger partial charge in [-0.15, -0.1) is 0 Å². The molecule has 0 aliphatic carbocycles. The van der Waals surface area contributed by atoms with E-state index in [0.29, 0.717) is 31.7 Å². The van der Waals surface area contributed by atoms with Crippen LogP contribution in [0.5, 0.6) is 5.75 Å². The average molecular weight is 301 g/mol. The molecule has 2 rings (SSSR count). The Morgan fingerprint density at radius 1 is 1.45 bits per heavy atom. The Morgan fingerprint density at radius 3 is 2.60 bits per heavy atom. The molecule has 1 amide bonds. The molecule has 1 fully saturated rings. The number of nitro benzene ring substituents is 1. The monoisotopic (exact) mass is 300 g/mol. The Kier molecular flexibility index (Phi) is 4.29. The van der Waals surface area contributed by atoms with Gasteiger partial charge in [0.15, 0.2) is 0 Å². The maximum absolute atomic E-state index is 10.8. The average Bonchev–Trinajstić information content (AvgIpc) is 2.39. The second kappa shape index (κ2) is 5.96. The molecular formula is C12H13ClN2O5. The number of hydrogen-bond donors (Lipinski definition) is 1. The van der Waals surface area contributed by atoms with E-state index in [1.54, 1.807) is 0 Å². The van der Waals surface area contributed by atoms with Crippen LogP contribution in [0.25, 0.3) is 0 Å². The summed E-state index contributed by atoms with van der Waals surface area (Å²) in [6.07, 6.45) is 0.131. The van der Waals surface area contributed by atoms with Gasteiger partial charge >= 0.3 is 6.09 Å². The van der Waals surface area contributed by atoms with Crippen molar-refractivity contribution in [1.29, 1.82) is 0 Å². The predicted molar refractivity (Wildman–Crippen MR) is 71.4 cm³/mol. The molecule has 0 spiro atoms. The van der Waals surface area contributed by atoms with Crippen molar-refractivity contribution in [1.82, 2.24) is 4.90 Å². The zero-order valence-electron chi connectivity index (χ0n) is 10.5.